The van der Waals surface area contributed by atoms with Gasteiger partial charge in [0.25, 0.3) is 0 Å². The number of rotatable bonds is 3. The van der Waals surface area contributed by atoms with Crippen LogP contribution in [0.15, 0.2) is 48.5 Å². The van der Waals surface area contributed by atoms with Gasteiger partial charge in [0.15, 0.2) is 0 Å². The third-order valence-corrected chi connectivity index (χ3v) is 4.25. The average molecular weight is 287 g/mol. The Morgan fingerprint density at radius 1 is 1.10 bits per heavy atom. The lowest BCUT2D eigenvalue weighted by Gasteiger charge is -2.36. The maximum Gasteiger partial charge on any atom is 0.0409 e. The standard InChI is InChI=1S/C17H19ClN2/c18-16-7-3-4-13(8-16)11-20-12-15-6-2-1-5-14(15)9-17(20)10-19/h1-8,17H,9-12,19H2. The van der Waals surface area contributed by atoms with Gasteiger partial charge in [0.2, 0.25) is 0 Å². The van der Waals surface area contributed by atoms with Crippen molar-refractivity contribution in [3.63, 3.8) is 0 Å². The van der Waals surface area contributed by atoms with Crippen LogP contribution in [0.3, 0.4) is 0 Å². The molecular formula is C17H19ClN2. The lowest BCUT2D eigenvalue weighted by atomic mass is 9.93. The highest BCUT2D eigenvalue weighted by Crippen LogP contribution is 2.25. The highest BCUT2D eigenvalue weighted by Gasteiger charge is 2.24. The summed E-state index contributed by atoms with van der Waals surface area (Å²) in [4.78, 5) is 2.45. The third kappa shape index (κ3) is 2.88. The van der Waals surface area contributed by atoms with E-state index in [-0.39, 0.29) is 0 Å². The monoisotopic (exact) mass is 286 g/mol. The van der Waals surface area contributed by atoms with Crippen LogP contribution in [-0.2, 0) is 19.5 Å². The van der Waals surface area contributed by atoms with Crippen molar-refractivity contribution in [2.24, 2.45) is 5.73 Å². The fourth-order valence-electron chi connectivity index (χ4n) is 2.93. The third-order valence-electron chi connectivity index (χ3n) is 4.01. The minimum absolute atomic E-state index is 0.406. The molecule has 2 N–H and O–H groups in total. The van der Waals surface area contributed by atoms with Gasteiger partial charge in [-0.15, -0.1) is 0 Å². The zero-order chi connectivity index (χ0) is 13.9. The number of hydrogen-bond donors (Lipinski definition) is 1. The molecule has 1 aliphatic rings. The quantitative estimate of drug-likeness (QED) is 0.939. The first kappa shape index (κ1) is 13.6. The molecule has 0 radical (unpaired) electrons. The predicted molar refractivity (Wildman–Crippen MR) is 83.7 cm³/mol. The van der Waals surface area contributed by atoms with E-state index in [4.69, 9.17) is 17.3 Å². The molecule has 0 bridgehead atoms. The zero-order valence-electron chi connectivity index (χ0n) is 11.4. The van der Waals surface area contributed by atoms with Crippen LogP contribution in [0.1, 0.15) is 16.7 Å². The summed E-state index contributed by atoms with van der Waals surface area (Å²) in [7, 11) is 0. The Bertz CT molecular complexity index is 597. The van der Waals surface area contributed by atoms with E-state index in [2.05, 4.69) is 35.2 Å². The van der Waals surface area contributed by atoms with E-state index < -0.39 is 0 Å². The average Bonchev–Trinajstić information content (AvgIpc) is 2.46. The minimum atomic E-state index is 0.406. The summed E-state index contributed by atoms with van der Waals surface area (Å²) in [5.41, 5.74) is 10.1. The van der Waals surface area contributed by atoms with Crippen molar-refractivity contribution in [2.75, 3.05) is 6.54 Å². The van der Waals surface area contributed by atoms with Crippen molar-refractivity contribution in [1.29, 1.82) is 0 Å². The number of fused-ring (bicyclic) bond motifs is 1. The number of nitrogens with two attached hydrogens (primary N) is 1. The van der Waals surface area contributed by atoms with Gasteiger partial charge >= 0.3 is 0 Å². The number of hydrogen-bond acceptors (Lipinski definition) is 2. The molecule has 0 saturated carbocycles. The summed E-state index contributed by atoms with van der Waals surface area (Å²) in [5.74, 6) is 0. The van der Waals surface area contributed by atoms with Crippen molar-refractivity contribution >= 4 is 11.6 Å². The van der Waals surface area contributed by atoms with Crippen LogP contribution in [0, 0.1) is 0 Å². The van der Waals surface area contributed by atoms with Crippen LogP contribution >= 0.6 is 11.6 Å². The van der Waals surface area contributed by atoms with Gasteiger partial charge in [-0.05, 0) is 35.2 Å². The smallest absolute Gasteiger partial charge is 0.0409 e. The molecule has 1 heterocycles. The molecular weight excluding hydrogens is 268 g/mol. The fraction of sp³-hybridized carbons (Fsp3) is 0.294. The topological polar surface area (TPSA) is 29.3 Å². The molecule has 0 aliphatic carbocycles. The number of benzene rings is 2. The molecule has 2 nitrogen and oxygen atoms in total. The van der Waals surface area contributed by atoms with Crippen molar-refractivity contribution in [1.82, 2.24) is 4.90 Å². The number of nitrogens with zero attached hydrogens (tertiary/aromatic N) is 1. The van der Waals surface area contributed by atoms with E-state index in [1.54, 1.807) is 0 Å². The van der Waals surface area contributed by atoms with Gasteiger partial charge in [-0.25, -0.2) is 0 Å². The molecule has 1 atom stereocenters. The molecule has 1 unspecified atom stereocenters. The molecule has 104 valence electrons. The second-order valence-electron chi connectivity index (χ2n) is 5.40. The molecule has 1 aliphatic heterocycles. The fourth-order valence-corrected chi connectivity index (χ4v) is 3.14. The van der Waals surface area contributed by atoms with Crippen LogP contribution in [0.2, 0.25) is 5.02 Å². The lowest BCUT2D eigenvalue weighted by molar-refractivity contribution is 0.167. The first-order valence-corrected chi connectivity index (χ1v) is 7.39. The normalized spacial score (nSPS) is 18.8. The summed E-state index contributed by atoms with van der Waals surface area (Å²) in [6.07, 6.45) is 1.03. The first-order chi connectivity index (χ1) is 9.76. The molecule has 0 saturated heterocycles. The molecule has 0 spiro atoms. The highest BCUT2D eigenvalue weighted by atomic mass is 35.5. The minimum Gasteiger partial charge on any atom is -0.329 e. The van der Waals surface area contributed by atoms with Crippen LogP contribution in [0.5, 0.6) is 0 Å². The Balaban J connectivity index is 1.82. The predicted octanol–water partition coefficient (Wildman–Crippen LogP) is 3.23. The molecule has 3 rings (SSSR count). The molecule has 2 aromatic carbocycles. The summed E-state index contributed by atoms with van der Waals surface area (Å²) >= 11 is 6.07. The molecule has 3 heteroatoms. The maximum atomic E-state index is 6.07. The Labute approximate surface area is 125 Å². The summed E-state index contributed by atoms with van der Waals surface area (Å²) in [6.45, 7) is 2.55. The van der Waals surface area contributed by atoms with Gasteiger partial charge in [-0.2, -0.15) is 0 Å². The van der Waals surface area contributed by atoms with Gasteiger partial charge in [0, 0.05) is 30.7 Å². The van der Waals surface area contributed by atoms with Crippen LogP contribution < -0.4 is 5.73 Å². The molecule has 0 fully saturated rings. The molecule has 0 aromatic heterocycles. The van der Waals surface area contributed by atoms with E-state index in [0.29, 0.717) is 12.6 Å². The van der Waals surface area contributed by atoms with Crippen LogP contribution in [-0.4, -0.2) is 17.5 Å². The van der Waals surface area contributed by atoms with Crippen molar-refractivity contribution < 1.29 is 0 Å². The second kappa shape index (κ2) is 5.96. The van der Waals surface area contributed by atoms with Gasteiger partial charge in [0.05, 0.1) is 0 Å². The van der Waals surface area contributed by atoms with E-state index >= 15 is 0 Å². The Hall–Kier alpha value is -1.35. The first-order valence-electron chi connectivity index (χ1n) is 7.01. The van der Waals surface area contributed by atoms with Crippen LogP contribution in [0.25, 0.3) is 0 Å². The van der Waals surface area contributed by atoms with E-state index in [9.17, 15) is 0 Å². The van der Waals surface area contributed by atoms with Gasteiger partial charge in [-0.1, -0.05) is 48.0 Å². The summed E-state index contributed by atoms with van der Waals surface area (Å²) in [6, 6.07) is 17.1. The van der Waals surface area contributed by atoms with Crippen molar-refractivity contribution in [2.45, 2.75) is 25.6 Å². The van der Waals surface area contributed by atoms with Gasteiger partial charge < -0.3 is 5.73 Å². The Kier molecular flexibility index (Phi) is 4.06. The SMILES string of the molecule is NCC1Cc2ccccc2CN1Cc1cccc(Cl)c1. The summed E-state index contributed by atoms with van der Waals surface area (Å²) < 4.78 is 0. The highest BCUT2D eigenvalue weighted by molar-refractivity contribution is 6.30. The molecule has 0 amide bonds. The zero-order valence-corrected chi connectivity index (χ0v) is 12.2. The molecule has 20 heavy (non-hydrogen) atoms. The van der Waals surface area contributed by atoms with E-state index in [0.717, 1.165) is 24.5 Å². The Morgan fingerprint density at radius 3 is 2.65 bits per heavy atom. The van der Waals surface area contributed by atoms with E-state index in [1.807, 2.05) is 18.2 Å². The molecule has 2 aromatic rings. The van der Waals surface area contributed by atoms with Gasteiger partial charge in [0.1, 0.15) is 0 Å². The largest absolute Gasteiger partial charge is 0.329 e. The second-order valence-corrected chi connectivity index (χ2v) is 5.83. The number of halogens is 1. The lowest BCUT2D eigenvalue weighted by Crippen LogP contribution is -2.44. The maximum absolute atomic E-state index is 6.07. The Morgan fingerprint density at radius 2 is 1.90 bits per heavy atom. The van der Waals surface area contributed by atoms with Crippen LogP contribution in [0.4, 0.5) is 0 Å². The summed E-state index contributed by atoms with van der Waals surface area (Å²) in [5, 5.41) is 0.796. The van der Waals surface area contributed by atoms with E-state index in [1.165, 1.54) is 16.7 Å². The van der Waals surface area contributed by atoms with Crippen molar-refractivity contribution in [3.05, 3.63) is 70.2 Å². The van der Waals surface area contributed by atoms with Crippen molar-refractivity contribution in [3.8, 4) is 0 Å². The van der Waals surface area contributed by atoms with Gasteiger partial charge in [-0.3, -0.25) is 4.90 Å².